The molecule has 0 N–H and O–H groups in total. The molecule has 0 amide bonds. The van der Waals surface area contributed by atoms with Crippen molar-refractivity contribution in [3.8, 4) is 11.4 Å². The fourth-order valence-corrected chi connectivity index (χ4v) is 2.05. The number of esters is 1. The lowest BCUT2D eigenvalue weighted by molar-refractivity contribution is 0.0472. The van der Waals surface area contributed by atoms with Crippen molar-refractivity contribution in [1.82, 2.24) is 20.2 Å². The molecule has 0 aliphatic carbocycles. The first-order valence-electron chi connectivity index (χ1n) is 6.90. The molecule has 0 saturated heterocycles. The minimum absolute atomic E-state index is 0.172. The predicted molar refractivity (Wildman–Crippen MR) is 81.3 cm³/mol. The number of benzene rings is 2. The zero-order valence-corrected chi connectivity index (χ0v) is 12.4. The number of carbonyl (C=O) groups is 1. The molecule has 1 aromatic heterocycles. The number of carbonyl (C=O) groups excluding carboxylic acids is 1. The van der Waals surface area contributed by atoms with E-state index in [-0.39, 0.29) is 6.61 Å². The van der Waals surface area contributed by atoms with Gasteiger partial charge in [0.05, 0.1) is 18.4 Å². The lowest BCUT2D eigenvalue weighted by atomic mass is 10.2. The number of nitrogens with zero attached hydrogens (tertiary/aromatic N) is 4. The number of aromatic nitrogens is 4. The van der Waals surface area contributed by atoms with E-state index in [0.717, 1.165) is 11.3 Å². The molecule has 0 bridgehead atoms. The third-order valence-corrected chi connectivity index (χ3v) is 3.20. The van der Waals surface area contributed by atoms with Crippen LogP contribution in [0.15, 0.2) is 54.9 Å². The van der Waals surface area contributed by atoms with Gasteiger partial charge < -0.3 is 9.47 Å². The van der Waals surface area contributed by atoms with Crippen molar-refractivity contribution in [3.63, 3.8) is 0 Å². The Morgan fingerprint density at radius 2 is 2.04 bits per heavy atom. The molecule has 2 aromatic carbocycles. The monoisotopic (exact) mass is 310 g/mol. The van der Waals surface area contributed by atoms with Crippen molar-refractivity contribution >= 4 is 5.97 Å². The van der Waals surface area contributed by atoms with Gasteiger partial charge in [0, 0.05) is 0 Å². The molecule has 116 valence electrons. The van der Waals surface area contributed by atoms with E-state index < -0.39 is 5.97 Å². The van der Waals surface area contributed by atoms with E-state index >= 15 is 0 Å². The topological polar surface area (TPSA) is 79.1 Å². The number of hydrogen-bond acceptors (Lipinski definition) is 6. The Labute approximate surface area is 132 Å². The van der Waals surface area contributed by atoms with Crippen molar-refractivity contribution in [2.75, 3.05) is 7.11 Å². The summed E-state index contributed by atoms with van der Waals surface area (Å²) in [6.07, 6.45) is 1.46. The zero-order valence-electron chi connectivity index (χ0n) is 12.4. The van der Waals surface area contributed by atoms with Crippen LogP contribution in [0, 0.1) is 0 Å². The first kappa shape index (κ1) is 14.7. The summed E-state index contributed by atoms with van der Waals surface area (Å²) in [5, 5.41) is 10.9. The number of ether oxygens (including phenoxy) is 2. The molecule has 0 aliphatic rings. The van der Waals surface area contributed by atoms with Gasteiger partial charge in [0.25, 0.3) is 0 Å². The normalized spacial score (nSPS) is 10.3. The van der Waals surface area contributed by atoms with E-state index in [1.54, 1.807) is 31.4 Å². The second-order valence-corrected chi connectivity index (χ2v) is 4.73. The fourth-order valence-electron chi connectivity index (χ4n) is 2.05. The molecule has 3 aromatic rings. The van der Waals surface area contributed by atoms with E-state index in [1.807, 2.05) is 24.3 Å². The highest BCUT2D eigenvalue weighted by Gasteiger charge is 2.09. The summed E-state index contributed by atoms with van der Waals surface area (Å²) in [6, 6.07) is 14.3. The molecule has 0 unspecified atom stereocenters. The van der Waals surface area contributed by atoms with E-state index in [9.17, 15) is 4.79 Å². The molecular weight excluding hydrogens is 296 g/mol. The number of tetrazole rings is 1. The first-order chi connectivity index (χ1) is 11.3. The molecule has 1 heterocycles. The molecule has 0 fully saturated rings. The summed E-state index contributed by atoms with van der Waals surface area (Å²) in [6.45, 7) is 0.172. The minimum atomic E-state index is -0.414. The molecule has 0 saturated carbocycles. The molecule has 0 atom stereocenters. The molecule has 23 heavy (non-hydrogen) atoms. The van der Waals surface area contributed by atoms with E-state index in [1.165, 1.54) is 11.0 Å². The Morgan fingerprint density at radius 1 is 1.17 bits per heavy atom. The summed E-state index contributed by atoms with van der Waals surface area (Å²) in [7, 11) is 1.59. The van der Waals surface area contributed by atoms with E-state index in [4.69, 9.17) is 9.47 Å². The molecule has 3 rings (SSSR count). The fraction of sp³-hybridized carbons (Fsp3) is 0.125. The smallest absolute Gasteiger partial charge is 0.338 e. The Kier molecular flexibility index (Phi) is 4.28. The van der Waals surface area contributed by atoms with Gasteiger partial charge in [0.1, 0.15) is 18.7 Å². The van der Waals surface area contributed by atoms with Gasteiger partial charge in [-0.05, 0) is 46.3 Å². The standard InChI is InChI=1S/C16H14N4O3/c1-22-15-7-2-4-12(8-15)10-23-16(21)13-5-3-6-14(9-13)20-11-17-18-19-20/h2-9,11H,10H2,1H3. The highest BCUT2D eigenvalue weighted by Crippen LogP contribution is 2.15. The van der Waals surface area contributed by atoms with Crippen molar-refractivity contribution in [2.24, 2.45) is 0 Å². The van der Waals surface area contributed by atoms with Crippen LogP contribution in [0.4, 0.5) is 0 Å². The number of methoxy groups -OCH3 is 1. The second kappa shape index (κ2) is 6.69. The lowest BCUT2D eigenvalue weighted by Gasteiger charge is -2.07. The van der Waals surface area contributed by atoms with Gasteiger partial charge in [-0.2, -0.15) is 0 Å². The van der Waals surface area contributed by atoms with Gasteiger partial charge >= 0.3 is 5.97 Å². The molecule has 0 aliphatic heterocycles. The van der Waals surface area contributed by atoms with Crippen LogP contribution in [0.3, 0.4) is 0 Å². The minimum Gasteiger partial charge on any atom is -0.497 e. The van der Waals surface area contributed by atoms with Crippen molar-refractivity contribution < 1.29 is 14.3 Å². The van der Waals surface area contributed by atoms with Crippen LogP contribution in [0.2, 0.25) is 0 Å². The molecule has 7 heteroatoms. The summed E-state index contributed by atoms with van der Waals surface area (Å²) < 4.78 is 11.9. The van der Waals surface area contributed by atoms with Crippen LogP contribution in [-0.4, -0.2) is 33.3 Å². The van der Waals surface area contributed by atoms with Crippen LogP contribution in [0.1, 0.15) is 15.9 Å². The average Bonchev–Trinajstić information content (AvgIpc) is 3.14. The van der Waals surface area contributed by atoms with Crippen LogP contribution < -0.4 is 4.74 Å². The Morgan fingerprint density at radius 3 is 2.83 bits per heavy atom. The predicted octanol–water partition coefficient (Wildman–Crippen LogP) is 2.03. The van der Waals surface area contributed by atoms with Crippen molar-refractivity contribution in [3.05, 3.63) is 66.0 Å². The summed E-state index contributed by atoms with van der Waals surface area (Å²) in [5.41, 5.74) is 1.97. The van der Waals surface area contributed by atoms with Gasteiger partial charge in [-0.15, -0.1) is 5.10 Å². The SMILES string of the molecule is COc1cccc(COC(=O)c2cccc(-n3cnnn3)c2)c1. The van der Waals surface area contributed by atoms with Gasteiger partial charge in [0.15, 0.2) is 0 Å². The maximum absolute atomic E-state index is 12.2. The molecule has 0 spiro atoms. The first-order valence-corrected chi connectivity index (χ1v) is 6.90. The third kappa shape index (κ3) is 3.52. The highest BCUT2D eigenvalue weighted by atomic mass is 16.5. The Bertz CT molecular complexity index is 803. The quantitative estimate of drug-likeness (QED) is 0.671. The van der Waals surface area contributed by atoms with Gasteiger partial charge in [-0.1, -0.05) is 18.2 Å². The van der Waals surface area contributed by atoms with Gasteiger partial charge in [0.2, 0.25) is 0 Å². The Hall–Kier alpha value is -3.22. The summed E-state index contributed by atoms with van der Waals surface area (Å²) in [5.74, 6) is 0.307. The molecular formula is C16H14N4O3. The summed E-state index contributed by atoms with van der Waals surface area (Å²) in [4.78, 5) is 12.2. The zero-order chi connectivity index (χ0) is 16.1. The average molecular weight is 310 g/mol. The van der Waals surface area contributed by atoms with Crippen molar-refractivity contribution in [2.45, 2.75) is 6.61 Å². The Balaban J connectivity index is 1.70. The lowest BCUT2D eigenvalue weighted by Crippen LogP contribution is -2.06. The van der Waals surface area contributed by atoms with Crippen molar-refractivity contribution in [1.29, 1.82) is 0 Å². The van der Waals surface area contributed by atoms with Crippen LogP contribution in [-0.2, 0) is 11.3 Å². The summed E-state index contributed by atoms with van der Waals surface area (Å²) >= 11 is 0. The van der Waals surface area contributed by atoms with Crippen LogP contribution in [0.5, 0.6) is 5.75 Å². The largest absolute Gasteiger partial charge is 0.497 e. The maximum Gasteiger partial charge on any atom is 0.338 e. The highest BCUT2D eigenvalue weighted by molar-refractivity contribution is 5.90. The van der Waals surface area contributed by atoms with Gasteiger partial charge in [-0.3, -0.25) is 0 Å². The number of hydrogen-bond donors (Lipinski definition) is 0. The van der Waals surface area contributed by atoms with Crippen LogP contribution in [0.25, 0.3) is 5.69 Å². The third-order valence-electron chi connectivity index (χ3n) is 3.20. The number of rotatable bonds is 5. The maximum atomic E-state index is 12.2. The molecule has 0 radical (unpaired) electrons. The van der Waals surface area contributed by atoms with Gasteiger partial charge in [-0.25, -0.2) is 9.48 Å². The van der Waals surface area contributed by atoms with E-state index in [2.05, 4.69) is 15.5 Å². The van der Waals surface area contributed by atoms with Crippen LogP contribution >= 0.6 is 0 Å². The van der Waals surface area contributed by atoms with E-state index in [0.29, 0.717) is 11.3 Å². The second-order valence-electron chi connectivity index (χ2n) is 4.73. The molecule has 7 nitrogen and oxygen atoms in total.